The molecule has 1 aliphatic rings. The molecule has 170 valence electrons. The van der Waals surface area contributed by atoms with Crippen LogP contribution in [0.1, 0.15) is 50.9 Å². The molecule has 0 saturated carbocycles. The first-order valence-electron chi connectivity index (χ1n) is 11.9. The highest BCUT2D eigenvalue weighted by atomic mass is 15.5. The number of hydrogen-bond acceptors (Lipinski definition) is 3. The van der Waals surface area contributed by atoms with Gasteiger partial charge in [-0.15, -0.1) is 0 Å². The maximum Gasteiger partial charge on any atom is 0.136 e. The molecule has 4 aromatic rings. The Bertz CT molecular complexity index is 1290. The second-order valence-corrected chi connectivity index (χ2v) is 9.47. The van der Waals surface area contributed by atoms with E-state index < -0.39 is 11.1 Å². The van der Waals surface area contributed by atoms with Gasteiger partial charge in [0.2, 0.25) is 0 Å². The van der Waals surface area contributed by atoms with Crippen LogP contribution < -0.4 is 5.43 Å². The van der Waals surface area contributed by atoms with Gasteiger partial charge >= 0.3 is 0 Å². The van der Waals surface area contributed by atoms with E-state index in [9.17, 15) is 0 Å². The van der Waals surface area contributed by atoms with Crippen molar-refractivity contribution in [3.63, 3.8) is 0 Å². The number of aryl methyl sites for hydroxylation is 1. The first-order valence-corrected chi connectivity index (χ1v) is 11.9. The van der Waals surface area contributed by atoms with Crippen molar-refractivity contribution in [2.75, 3.05) is 0 Å². The summed E-state index contributed by atoms with van der Waals surface area (Å²) < 4.78 is 0. The van der Waals surface area contributed by atoms with E-state index in [1.54, 1.807) is 0 Å². The van der Waals surface area contributed by atoms with Gasteiger partial charge < -0.3 is 0 Å². The highest BCUT2D eigenvalue weighted by Crippen LogP contribution is 2.50. The third-order valence-electron chi connectivity index (χ3n) is 7.69. The first-order chi connectivity index (χ1) is 16.5. The van der Waals surface area contributed by atoms with Gasteiger partial charge in [0.05, 0.1) is 0 Å². The van der Waals surface area contributed by atoms with Crippen LogP contribution in [-0.2, 0) is 11.1 Å². The van der Waals surface area contributed by atoms with Crippen LogP contribution in [0.4, 0.5) is 0 Å². The largest absolute Gasteiger partial charge is 0.277 e. The summed E-state index contributed by atoms with van der Waals surface area (Å²) in [4.78, 5) is 0. The monoisotopic (exact) mass is 445 g/mol. The van der Waals surface area contributed by atoms with Gasteiger partial charge in [-0.2, -0.15) is 5.11 Å². The highest BCUT2D eigenvalue weighted by molar-refractivity contribution is 5.53. The Labute approximate surface area is 202 Å². The van der Waals surface area contributed by atoms with Gasteiger partial charge in [0.25, 0.3) is 0 Å². The van der Waals surface area contributed by atoms with Crippen molar-refractivity contribution in [1.82, 2.24) is 5.43 Å². The van der Waals surface area contributed by atoms with Gasteiger partial charge in [-0.1, -0.05) is 102 Å². The van der Waals surface area contributed by atoms with Gasteiger partial charge in [0.1, 0.15) is 11.1 Å². The number of rotatable bonds is 4. The van der Waals surface area contributed by atoms with E-state index in [-0.39, 0.29) is 0 Å². The summed E-state index contributed by atoms with van der Waals surface area (Å²) >= 11 is 0. The molecule has 1 aliphatic heterocycles. The predicted molar refractivity (Wildman–Crippen MR) is 139 cm³/mol. The van der Waals surface area contributed by atoms with Crippen molar-refractivity contribution < 1.29 is 0 Å². The Hall–Kier alpha value is -3.72. The minimum Gasteiger partial charge on any atom is -0.277 e. The van der Waals surface area contributed by atoms with Crippen LogP contribution in [0, 0.1) is 27.7 Å². The van der Waals surface area contributed by atoms with Crippen LogP contribution in [-0.4, -0.2) is 0 Å². The summed E-state index contributed by atoms with van der Waals surface area (Å²) in [5, 5.41) is 9.64. The second-order valence-electron chi connectivity index (χ2n) is 9.47. The molecular weight excluding hydrogens is 414 g/mol. The molecule has 1 unspecified atom stereocenters. The molecule has 1 N–H and O–H groups in total. The zero-order chi connectivity index (χ0) is 23.8. The van der Waals surface area contributed by atoms with Crippen molar-refractivity contribution in [3.8, 4) is 0 Å². The summed E-state index contributed by atoms with van der Waals surface area (Å²) in [5.41, 5.74) is 12.4. The van der Waals surface area contributed by atoms with E-state index in [0.29, 0.717) is 6.42 Å². The van der Waals surface area contributed by atoms with E-state index >= 15 is 0 Å². The quantitative estimate of drug-likeness (QED) is 0.347. The molecule has 0 aromatic heterocycles. The maximum absolute atomic E-state index is 4.95. The van der Waals surface area contributed by atoms with Crippen LogP contribution in [0.3, 0.4) is 0 Å². The zero-order valence-electron chi connectivity index (χ0n) is 20.3. The van der Waals surface area contributed by atoms with Crippen molar-refractivity contribution >= 4 is 0 Å². The van der Waals surface area contributed by atoms with Gasteiger partial charge in [-0.25, -0.2) is 0 Å². The molecule has 0 bridgehead atoms. The molecule has 0 spiro atoms. The van der Waals surface area contributed by atoms with E-state index in [1.165, 1.54) is 33.4 Å². The Morgan fingerprint density at radius 2 is 1.12 bits per heavy atom. The third-order valence-corrected chi connectivity index (χ3v) is 7.69. The molecule has 4 aromatic carbocycles. The smallest absolute Gasteiger partial charge is 0.136 e. The molecule has 0 radical (unpaired) electrons. The van der Waals surface area contributed by atoms with Gasteiger partial charge in [0.15, 0.2) is 0 Å². The number of hydrogen-bond donors (Lipinski definition) is 1. The first kappa shape index (κ1) is 22.1. The standard InChI is InChI=1S/C31H31N3/c1-22-20-29(25(4)24(3)23(22)2)31(28-18-12-7-13-19-28)21-30(32-34-33-31,26-14-8-5-9-15-26)27-16-10-6-11-17-27/h5-20H,21H2,1-4H3,(H,32,33). The molecule has 0 fully saturated rings. The van der Waals surface area contributed by atoms with Crippen molar-refractivity contribution in [1.29, 1.82) is 0 Å². The number of nitrogens with one attached hydrogen (secondary N) is 1. The van der Waals surface area contributed by atoms with Gasteiger partial charge in [0, 0.05) is 6.42 Å². The fraction of sp³-hybridized carbons (Fsp3) is 0.226. The lowest BCUT2D eigenvalue weighted by atomic mass is 9.67. The average Bonchev–Trinajstić information content (AvgIpc) is 2.91. The van der Waals surface area contributed by atoms with Crippen LogP contribution in [0.15, 0.2) is 107 Å². The molecule has 34 heavy (non-hydrogen) atoms. The minimum atomic E-state index is -0.622. The predicted octanol–water partition coefficient (Wildman–Crippen LogP) is 7.47. The molecule has 0 aliphatic carbocycles. The fourth-order valence-corrected chi connectivity index (χ4v) is 5.42. The molecular formula is C31H31N3. The van der Waals surface area contributed by atoms with E-state index in [2.05, 4.69) is 135 Å². The highest BCUT2D eigenvalue weighted by Gasteiger charge is 2.49. The van der Waals surface area contributed by atoms with Crippen LogP contribution in [0.25, 0.3) is 0 Å². The second kappa shape index (κ2) is 8.57. The normalized spacial score (nSPS) is 18.9. The third kappa shape index (κ3) is 3.43. The lowest BCUT2D eigenvalue weighted by molar-refractivity contribution is 0.240. The number of nitrogens with zero attached hydrogens (tertiary/aromatic N) is 2. The SMILES string of the molecule is Cc1cc(C2(c3ccccc3)CC(c3ccccc3)(c3ccccc3)N=NN2)c(C)c(C)c1C. The summed E-state index contributed by atoms with van der Waals surface area (Å²) in [5.74, 6) is 0. The summed E-state index contributed by atoms with van der Waals surface area (Å²) in [7, 11) is 0. The van der Waals surface area contributed by atoms with Crippen LogP contribution in [0.5, 0.6) is 0 Å². The van der Waals surface area contributed by atoms with E-state index in [0.717, 1.165) is 11.1 Å². The van der Waals surface area contributed by atoms with Crippen molar-refractivity contribution in [2.45, 2.75) is 45.2 Å². The Balaban J connectivity index is 1.83. The zero-order valence-corrected chi connectivity index (χ0v) is 20.3. The van der Waals surface area contributed by atoms with E-state index in [4.69, 9.17) is 5.11 Å². The minimum absolute atomic E-state index is 0.540. The molecule has 0 amide bonds. The Kier molecular flexibility index (Phi) is 5.57. The average molecular weight is 446 g/mol. The Morgan fingerprint density at radius 1 is 0.618 bits per heavy atom. The topological polar surface area (TPSA) is 36.8 Å². The molecule has 0 saturated heterocycles. The number of benzene rings is 4. The molecule has 3 nitrogen and oxygen atoms in total. The Morgan fingerprint density at radius 3 is 1.65 bits per heavy atom. The van der Waals surface area contributed by atoms with Crippen molar-refractivity contribution in [2.24, 2.45) is 10.3 Å². The van der Waals surface area contributed by atoms with Crippen molar-refractivity contribution in [3.05, 3.63) is 142 Å². The van der Waals surface area contributed by atoms with Gasteiger partial charge in [-0.05, 0) is 72.2 Å². The lowest BCUT2D eigenvalue weighted by Gasteiger charge is -2.45. The summed E-state index contributed by atoms with van der Waals surface area (Å²) in [6, 6.07) is 34.2. The maximum atomic E-state index is 4.95. The van der Waals surface area contributed by atoms with Gasteiger partial charge in [-0.3, -0.25) is 5.43 Å². The summed E-state index contributed by atoms with van der Waals surface area (Å²) in [6.45, 7) is 8.88. The molecule has 1 heterocycles. The molecule has 5 rings (SSSR count). The van der Waals surface area contributed by atoms with E-state index in [1.807, 2.05) is 0 Å². The fourth-order valence-electron chi connectivity index (χ4n) is 5.42. The molecule has 3 heteroatoms. The summed E-state index contributed by atoms with van der Waals surface area (Å²) in [6.07, 6.45) is 0.713. The molecule has 1 atom stereocenters. The lowest BCUT2D eigenvalue weighted by Crippen LogP contribution is -2.50. The van der Waals surface area contributed by atoms with Crippen LogP contribution in [0.2, 0.25) is 0 Å². The van der Waals surface area contributed by atoms with Crippen LogP contribution >= 0.6 is 0 Å².